The van der Waals surface area contributed by atoms with E-state index in [1.807, 2.05) is 38.2 Å². The molecule has 3 N–H and O–H groups in total. The summed E-state index contributed by atoms with van der Waals surface area (Å²) >= 11 is 0. The molecule has 0 spiro atoms. The van der Waals surface area contributed by atoms with Gasteiger partial charge in [0, 0.05) is 31.5 Å². The van der Waals surface area contributed by atoms with Crippen LogP contribution >= 0.6 is 0 Å². The first-order valence-corrected chi connectivity index (χ1v) is 13.8. The summed E-state index contributed by atoms with van der Waals surface area (Å²) in [5.74, 6) is 0.850. The van der Waals surface area contributed by atoms with E-state index in [2.05, 4.69) is 22.5 Å². The number of aliphatic hydroxyl groups is 1. The van der Waals surface area contributed by atoms with E-state index >= 15 is 0 Å². The van der Waals surface area contributed by atoms with Crippen molar-refractivity contribution in [3.05, 3.63) is 53.6 Å². The van der Waals surface area contributed by atoms with E-state index in [4.69, 9.17) is 9.47 Å². The summed E-state index contributed by atoms with van der Waals surface area (Å²) in [6.45, 7) is 7.18. The first-order chi connectivity index (χ1) is 18.8. The molecule has 2 aliphatic heterocycles. The van der Waals surface area contributed by atoms with Crippen molar-refractivity contribution in [1.82, 2.24) is 15.1 Å². The number of anilines is 1. The molecule has 2 aliphatic rings. The third-order valence-electron chi connectivity index (χ3n) is 7.76. The summed E-state index contributed by atoms with van der Waals surface area (Å²) in [5, 5.41) is 16.3. The number of hydrogen-bond donors (Lipinski definition) is 3. The molecule has 4 rings (SSSR count). The maximum Gasteiger partial charge on any atom is 0.258 e. The number of para-hydroxylation sites is 1. The third kappa shape index (κ3) is 7.09. The molecule has 9 nitrogen and oxygen atoms in total. The van der Waals surface area contributed by atoms with Crippen molar-refractivity contribution in [2.75, 3.05) is 52.3 Å². The van der Waals surface area contributed by atoms with Gasteiger partial charge in [-0.15, -0.1) is 0 Å². The molecule has 2 aromatic rings. The minimum atomic E-state index is -0.350. The van der Waals surface area contributed by atoms with Gasteiger partial charge in [0.05, 0.1) is 31.0 Å². The van der Waals surface area contributed by atoms with E-state index in [-0.39, 0.29) is 42.4 Å². The highest BCUT2D eigenvalue weighted by Crippen LogP contribution is 2.35. The summed E-state index contributed by atoms with van der Waals surface area (Å²) in [4.78, 5) is 30.8. The van der Waals surface area contributed by atoms with Gasteiger partial charge in [-0.2, -0.15) is 0 Å². The van der Waals surface area contributed by atoms with Crippen LogP contribution in [0.15, 0.2) is 42.5 Å². The lowest BCUT2D eigenvalue weighted by Gasteiger charge is -2.38. The molecule has 2 aromatic carbocycles. The van der Waals surface area contributed by atoms with Crippen molar-refractivity contribution in [1.29, 1.82) is 0 Å². The van der Waals surface area contributed by atoms with Gasteiger partial charge in [-0.25, -0.2) is 0 Å². The molecule has 0 radical (unpaired) electrons. The van der Waals surface area contributed by atoms with E-state index in [9.17, 15) is 14.7 Å². The summed E-state index contributed by atoms with van der Waals surface area (Å²) in [6.07, 6.45) is 1.29. The van der Waals surface area contributed by atoms with Crippen molar-refractivity contribution in [3.8, 4) is 11.5 Å². The molecule has 212 valence electrons. The predicted molar refractivity (Wildman–Crippen MR) is 151 cm³/mol. The van der Waals surface area contributed by atoms with Crippen LogP contribution in [0.2, 0.25) is 0 Å². The van der Waals surface area contributed by atoms with Crippen LogP contribution in [0.25, 0.3) is 0 Å². The molecule has 2 heterocycles. The molecule has 0 aliphatic carbocycles. The van der Waals surface area contributed by atoms with Crippen LogP contribution in [0.5, 0.6) is 11.5 Å². The van der Waals surface area contributed by atoms with Crippen LogP contribution in [0.1, 0.15) is 42.6 Å². The fourth-order valence-electron chi connectivity index (χ4n) is 5.29. The maximum atomic E-state index is 13.7. The Morgan fingerprint density at radius 1 is 1.23 bits per heavy atom. The van der Waals surface area contributed by atoms with E-state index < -0.39 is 0 Å². The van der Waals surface area contributed by atoms with Gasteiger partial charge in [0.25, 0.3) is 5.91 Å². The van der Waals surface area contributed by atoms with Gasteiger partial charge in [-0.3, -0.25) is 14.5 Å². The molecule has 3 atom stereocenters. The smallest absolute Gasteiger partial charge is 0.258 e. The fourth-order valence-corrected chi connectivity index (χ4v) is 5.29. The van der Waals surface area contributed by atoms with Crippen LogP contribution in [-0.2, 0) is 11.3 Å². The number of rotatable bonds is 9. The molecule has 2 amide bonds. The molecular weight excluding hydrogens is 496 g/mol. The molecule has 9 heteroatoms. The topological polar surface area (TPSA) is 103 Å². The Labute approximate surface area is 231 Å². The lowest BCUT2D eigenvalue weighted by Crippen LogP contribution is -2.49. The van der Waals surface area contributed by atoms with Gasteiger partial charge >= 0.3 is 0 Å². The first kappa shape index (κ1) is 28.9. The maximum absolute atomic E-state index is 13.7. The minimum absolute atomic E-state index is 0.0254. The number of benzene rings is 2. The summed E-state index contributed by atoms with van der Waals surface area (Å²) in [6, 6.07) is 13.0. The lowest BCUT2D eigenvalue weighted by molar-refractivity contribution is -0.120. The number of ether oxygens (including phenoxy) is 2. The number of nitrogens with zero attached hydrogens (tertiary/aromatic N) is 2. The number of carbonyl (C=O) groups is 2. The second-order valence-corrected chi connectivity index (χ2v) is 10.9. The number of hydrogen-bond acceptors (Lipinski definition) is 7. The summed E-state index contributed by atoms with van der Waals surface area (Å²) < 4.78 is 11.9. The molecule has 1 saturated heterocycles. The van der Waals surface area contributed by atoms with Gasteiger partial charge in [-0.1, -0.05) is 25.1 Å². The Bertz CT molecular complexity index is 1120. The van der Waals surface area contributed by atoms with Crippen LogP contribution in [0.3, 0.4) is 0 Å². The zero-order valence-corrected chi connectivity index (χ0v) is 23.5. The lowest BCUT2D eigenvalue weighted by atomic mass is 9.96. The van der Waals surface area contributed by atoms with Gasteiger partial charge in [0.1, 0.15) is 11.9 Å². The number of aliphatic hydroxyl groups excluding tert-OH is 1. The van der Waals surface area contributed by atoms with Crippen molar-refractivity contribution in [3.63, 3.8) is 0 Å². The van der Waals surface area contributed by atoms with Crippen molar-refractivity contribution in [2.24, 2.45) is 11.8 Å². The average molecular weight is 539 g/mol. The Balaban J connectivity index is 1.61. The second kappa shape index (κ2) is 13.3. The Morgan fingerprint density at radius 3 is 2.62 bits per heavy atom. The molecular formula is C30H42N4O5. The van der Waals surface area contributed by atoms with Crippen LogP contribution < -0.4 is 20.1 Å². The predicted octanol–water partition coefficient (Wildman–Crippen LogP) is 2.99. The average Bonchev–Trinajstić information content (AvgIpc) is 2.95. The highest BCUT2D eigenvalue weighted by molar-refractivity contribution is 6.02. The minimum Gasteiger partial charge on any atom is -0.497 e. The normalized spacial score (nSPS) is 21.0. The number of likely N-dealkylation sites (N-methyl/N-ethyl adjacent to an activating group) is 1. The molecule has 0 bridgehead atoms. The molecule has 1 fully saturated rings. The number of methoxy groups -OCH3 is 1. The van der Waals surface area contributed by atoms with Crippen LogP contribution in [0.4, 0.5) is 5.69 Å². The second-order valence-electron chi connectivity index (χ2n) is 10.9. The Morgan fingerprint density at radius 2 is 1.95 bits per heavy atom. The Kier molecular flexibility index (Phi) is 9.83. The quantitative estimate of drug-likeness (QED) is 0.451. The van der Waals surface area contributed by atoms with Crippen molar-refractivity contribution >= 4 is 17.5 Å². The van der Waals surface area contributed by atoms with Gasteiger partial charge < -0.3 is 30.1 Å². The van der Waals surface area contributed by atoms with Gasteiger partial charge in [0.15, 0.2) is 5.75 Å². The molecule has 0 aromatic heterocycles. The van der Waals surface area contributed by atoms with Crippen molar-refractivity contribution in [2.45, 2.75) is 45.4 Å². The number of nitrogens with one attached hydrogen (secondary N) is 2. The molecule has 0 saturated carbocycles. The highest BCUT2D eigenvalue weighted by Gasteiger charge is 2.35. The zero-order valence-electron chi connectivity index (χ0n) is 23.5. The summed E-state index contributed by atoms with van der Waals surface area (Å²) in [5.41, 5.74) is 2.06. The number of carbonyl (C=O) groups excluding carboxylic acids is 2. The fraction of sp³-hybridized carbons (Fsp3) is 0.533. The first-order valence-electron chi connectivity index (χ1n) is 13.8. The van der Waals surface area contributed by atoms with Crippen molar-refractivity contribution < 1.29 is 24.2 Å². The number of fused-ring (bicyclic) bond motifs is 1. The SMILES string of the molecule is COc1ccc(CN(C)C[C@@H]2Oc3c(NC(=O)C4CCNCC4)cccc3C(=O)N([C@@H](C)CO)C[C@H]2C)cc1. The van der Waals surface area contributed by atoms with Gasteiger partial charge in [-0.05, 0) is 69.7 Å². The van der Waals surface area contributed by atoms with E-state index in [0.29, 0.717) is 36.6 Å². The monoisotopic (exact) mass is 538 g/mol. The van der Waals surface area contributed by atoms with Crippen LogP contribution in [0, 0.1) is 11.8 Å². The van der Waals surface area contributed by atoms with Gasteiger partial charge in [0.2, 0.25) is 5.91 Å². The standard InChI is InChI=1S/C30H42N4O5/c1-20-16-34(21(2)19-35)30(37)25-6-5-7-26(32-29(36)23-12-14-31-15-13-23)28(25)39-27(20)18-33(3)17-22-8-10-24(38-4)11-9-22/h5-11,20-21,23,27,31,35H,12-19H2,1-4H3,(H,32,36)/t20-,21+,27+/m1/s1. The summed E-state index contributed by atoms with van der Waals surface area (Å²) in [7, 11) is 3.70. The number of amides is 2. The van der Waals surface area contributed by atoms with E-state index in [1.54, 1.807) is 30.2 Å². The molecule has 0 unspecified atom stereocenters. The molecule has 39 heavy (non-hydrogen) atoms. The number of piperidine rings is 1. The highest BCUT2D eigenvalue weighted by atomic mass is 16.5. The third-order valence-corrected chi connectivity index (χ3v) is 7.76. The zero-order chi connectivity index (χ0) is 27.9. The Hall–Kier alpha value is -3.14. The van der Waals surface area contributed by atoms with E-state index in [0.717, 1.165) is 37.2 Å². The van der Waals surface area contributed by atoms with Crippen LogP contribution in [-0.4, -0.2) is 85.8 Å². The van der Waals surface area contributed by atoms with E-state index in [1.165, 1.54) is 0 Å². The largest absolute Gasteiger partial charge is 0.497 e.